The van der Waals surface area contributed by atoms with Crippen molar-refractivity contribution in [3.8, 4) is 0 Å². The zero-order valence-corrected chi connectivity index (χ0v) is 12.8. The molecular weight excluding hydrogens is 258 g/mol. The fourth-order valence-corrected chi connectivity index (χ4v) is 2.40. The Hall–Kier alpha value is -1.49. The number of amides is 1. The summed E-state index contributed by atoms with van der Waals surface area (Å²) < 4.78 is 10.8. The number of aryl methyl sites for hydroxylation is 1. The zero-order chi connectivity index (χ0) is 15.1. The van der Waals surface area contributed by atoms with E-state index in [4.69, 9.17) is 9.15 Å². The Balaban J connectivity index is 1.95. The first-order valence-corrected chi connectivity index (χ1v) is 6.83. The third-order valence-corrected chi connectivity index (χ3v) is 3.45. The maximum atomic E-state index is 11.9. The van der Waals surface area contributed by atoms with Crippen LogP contribution in [0.3, 0.4) is 0 Å². The first kappa shape index (κ1) is 14.9. The van der Waals surface area contributed by atoms with Crippen LogP contribution in [0.2, 0.25) is 0 Å². The van der Waals surface area contributed by atoms with Crippen molar-refractivity contribution in [2.24, 2.45) is 5.41 Å². The molecule has 1 saturated heterocycles. The van der Waals surface area contributed by atoms with Crippen LogP contribution in [0.25, 0.3) is 0 Å². The minimum Gasteiger partial charge on any atom is -0.464 e. The number of ether oxygens (including phenoxy) is 1. The van der Waals surface area contributed by atoms with E-state index in [1.165, 1.54) is 0 Å². The van der Waals surface area contributed by atoms with Crippen LogP contribution in [0, 0.1) is 12.3 Å². The van der Waals surface area contributed by atoms with E-state index in [1.807, 2.05) is 40.7 Å². The van der Waals surface area contributed by atoms with E-state index in [-0.39, 0.29) is 11.5 Å². The van der Waals surface area contributed by atoms with Gasteiger partial charge in [0, 0.05) is 18.5 Å². The molecule has 1 aromatic rings. The average Bonchev–Trinajstić information content (AvgIpc) is 2.68. The van der Waals surface area contributed by atoms with Crippen LogP contribution in [-0.4, -0.2) is 34.8 Å². The van der Waals surface area contributed by atoms with E-state index in [0.29, 0.717) is 18.8 Å². The van der Waals surface area contributed by atoms with Gasteiger partial charge in [-0.25, -0.2) is 4.79 Å². The van der Waals surface area contributed by atoms with Crippen molar-refractivity contribution in [2.45, 2.75) is 46.3 Å². The molecule has 0 aliphatic carbocycles. The third kappa shape index (κ3) is 2.98. The normalized spacial score (nSPS) is 19.4. The summed E-state index contributed by atoms with van der Waals surface area (Å²) in [6.07, 6.45) is -1.05. The number of rotatable bonds is 2. The lowest BCUT2D eigenvalue weighted by Gasteiger charge is -2.49. The second kappa shape index (κ2) is 4.81. The SMILES string of the molecule is Cc1ccc(C(O)C2(C)CN(C(=O)OC(C)(C)C)C2)o1. The number of aliphatic hydroxyl groups is 1. The summed E-state index contributed by atoms with van der Waals surface area (Å²) in [5.41, 5.74) is -0.888. The van der Waals surface area contributed by atoms with E-state index in [2.05, 4.69) is 0 Å². The average molecular weight is 281 g/mol. The van der Waals surface area contributed by atoms with Gasteiger partial charge >= 0.3 is 6.09 Å². The molecule has 0 aromatic carbocycles. The molecule has 1 N–H and O–H groups in total. The molecule has 0 spiro atoms. The molecule has 0 bridgehead atoms. The largest absolute Gasteiger partial charge is 0.464 e. The maximum absolute atomic E-state index is 11.9. The summed E-state index contributed by atoms with van der Waals surface area (Å²) in [5, 5.41) is 10.4. The molecule has 1 unspecified atom stereocenters. The summed E-state index contributed by atoms with van der Waals surface area (Å²) in [7, 11) is 0. The fourth-order valence-electron chi connectivity index (χ4n) is 2.40. The predicted octanol–water partition coefficient (Wildman–Crippen LogP) is 2.88. The first-order chi connectivity index (χ1) is 9.11. The smallest absolute Gasteiger partial charge is 0.410 e. The van der Waals surface area contributed by atoms with Crippen molar-refractivity contribution in [1.29, 1.82) is 0 Å². The number of hydrogen-bond donors (Lipinski definition) is 1. The lowest BCUT2D eigenvalue weighted by atomic mass is 9.76. The molecule has 0 radical (unpaired) electrons. The van der Waals surface area contributed by atoms with Crippen LogP contribution in [0.15, 0.2) is 16.5 Å². The quantitative estimate of drug-likeness (QED) is 0.905. The molecule has 20 heavy (non-hydrogen) atoms. The molecule has 2 heterocycles. The minimum atomic E-state index is -0.713. The highest BCUT2D eigenvalue weighted by molar-refractivity contribution is 5.69. The van der Waals surface area contributed by atoms with Crippen LogP contribution >= 0.6 is 0 Å². The van der Waals surface area contributed by atoms with Crippen molar-refractivity contribution < 1.29 is 19.1 Å². The summed E-state index contributed by atoms with van der Waals surface area (Å²) in [5.74, 6) is 1.32. The van der Waals surface area contributed by atoms with Crippen LogP contribution in [0.5, 0.6) is 0 Å². The van der Waals surface area contributed by atoms with E-state index in [0.717, 1.165) is 5.76 Å². The number of carbonyl (C=O) groups is 1. The Morgan fingerprint density at radius 2 is 2.05 bits per heavy atom. The van der Waals surface area contributed by atoms with Gasteiger partial charge in [-0.2, -0.15) is 0 Å². The monoisotopic (exact) mass is 281 g/mol. The van der Waals surface area contributed by atoms with Crippen LogP contribution in [0.1, 0.15) is 45.3 Å². The number of nitrogens with zero attached hydrogens (tertiary/aromatic N) is 1. The van der Waals surface area contributed by atoms with Gasteiger partial charge in [0.25, 0.3) is 0 Å². The fraction of sp³-hybridized carbons (Fsp3) is 0.667. The number of carbonyl (C=O) groups excluding carboxylic acids is 1. The van der Waals surface area contributed by atoms with Gasteiger partial charge in [0.1, 0.15) is 23.2 Å². The highest BCUT2D eigenvalue weighted by Gasteiger charge is 2.49. The minimum absolute atomic E-state index is 0.335. The van der Waals surface area contributed by atoms with Crippen molar-refractivity contribution in [3.05, 3.63) is 23.7 Å². The predicted molar refractivity (Wildman–Crippen MR) is 74.3 cm³/mol. The van der Waals surface area contributed by atoms with Gasteiger partial charge in [-0.1, -0.05) is 6.92 Å². The summed E-state index contributed by atoms with van der Waals surface area (Å²) >= 11 is 0. The summed E-state index contributed by atoms with van der Waals surface area (Å²) in [6.45, 7) is 10.2. The van der Waals surface area contributed by atoms with Crippen molar-refractivity contribution in [3.63, 3.8) is 0 Å². The highest BCUT2D eigenvalue weighted by Crippen LogP contribution is 2.42. The Kier molecular flexibility index (Phi) is 3.58. The molecule has 5 heteroatoms. The van der Waals surface area contributed by atoms with Crippen LogP contribution in [0.4, 0.5) is 4.79 Å². The van der Waals surface area contributed by atoms with E-state index < -0.39 is 11.7 Å². The Bertz CT molecular complexity index is 494. The van der Waals surface area contributed by atoms with E-state index in [1.54, 1.807) is 11.0 Å². The Morgan fingerprint density at radius 1 is 1.45 bits per heavy atom. The molecule has 0 saturated carbocycles. The molecule has 1 aliphatic rings. The molecule has 2 rings (SSSR count). The second-order valence-electron chi connectivity index (χ2n) is 6.84. The molecule has 5 nitrogen and oxygen atoms in total. The maximum Gasteiger partial charge on any atom is 0.410 e. The Labute approximate surface area is 119 Å². The van der Waals surface area contributed by atoms with Gasteiger partial charge in [0.15, 0.2) is 0 Å². The topological polar surface area (TPSA) is 62.9 Å². The second-order valence-corrected chi connectivity index (χ2v) is 6.84. The van der Waals surface area contributed by atoms with Crippen LogP contribution < -0.4 is 0 Å². The van der Waals surface area contributed by atoms with Crippen molar-refractivity contribution in [2.75, 3.05) is 13.1 Å². The lowest BCUT2D eigenvalue weighted by Crippen LogP contribution is -2.60. The van der Waals surface area contributed by atoms with Crippen molar-refractivity contribution in [1.82, 2.24) is 4.90 Å². The molecular formula is C15H23NO4. The van der Waals surface area contributed by atoms with Gasteiger partial charge in [0.2, 0.25) is 0 Å². The van der Waals surface area contributed by atoms with Gasteiger partial charge in [0.05, 0.1) is 0 Å². The summed E-state index contributed by atoms with van der Waals surface area (Å²) in [4.78, 5) is 13.5. The molecule has 1 aromatic heterocycles. The summed E-state index contributed by atoms with van der Waals surface area (Å²) in [6, 6.07) is 3.60. The van der Waals surface area contributed by atoms with E-state index in [9.17, 15) is 9.90 Å². The number of furan rings is 1. The molecule has 1 atom stereocenters. The van der Waals surface area contributed by atoms with E-state index >= 15 is 0 Å². The van der Waals surface area contributed by atoms with Gasteiger partial charge in [-0.3, -0.25) is 0 Å². The van der Waals surface area contributed by atoms with Crippen LogP contribution in [-0.2, 0) is 4.74 Å². The lowest BCUT2D eigenvalue weighted by molar-refractivity contribution is -0.0917. The molecule has 1 amide bonds. The van der Waals surface area contributed by atoms with Gasteiger partial charge in [-0.05, 0) is 39.8 Å². The highest BCUT2D eigenvalue weighted by atomic mass is 16.6. The number of likely N-dealkylation sites (tertiary alicyclic amines) is 1. The first-order valence-electron chi connectivity index (χ1n) is 6.83. The molecule has 1 fully saturated rings. The Morgan fingerprint density at radius 3 is 2.50 bits per heavy atom. The molecule has 112 valence electrons. The number of aliphatic hydroxyl groups excluding tert-OH is 1. The standard InChI is InChI=1S/C15H23NO4/c1-10-6-7-11(19-10)12(17)15(5)8-16(9-15)13(18)20-14(2,3)4/h6-7,12,17H,8-9H2,1-5H3. The van der Waals surface area contributed by atoms with Crippen molar-refractivity contribution >= 4 is 6.09 Å². The van der Waals surface area contributed by atoms with Gasteiger partial charge in [-0.15, -0.1) is 0 Å². The van der Waals surface area contributed by atoms with Gasteiger partial charge < -0.3 is 19.2 Å². The number of hydrogen-bond acceptors (Lipinski definition) is 4. The third-order valence-electron chi connectivity index (χ3n) is 3.45. The molecule has 1 aliphatic heterocycles. The zero-order valence-electron chi connectivity index (χ0n) is 12.8.